The molecule has 0 unspecified atom stereocenters. The minimum Gasteiger partial charge on any atom is -0.353 e. The molecular weight excluding hydrogens is 364 g/mol. The number of halogens is 3. The molecule has 1 aromatic carbocycles. The molecule has 1 heterocycles. The van der Waals surface area contributed by atoms with Crippen LogP contribution >= 0.6 is 11.6 Å². The summed E-state index contributed by atoms with van der Waals surface area (Å²) >= 11 is 5.71. The number of nitrogens with zero attached hydrogens (tertiary/aromatic N) is 1. The van der Waals surface area contributed by atoms with Gasteiger partial charge < -0.3 is 15.5 Å². The first-order valence-electron chi connectivity index (χ1n) is 8.44. The zero-order chi connectivity index (χ0) is 19.0. The fourth-order valence-electron chi connectivity index (χ4n) is 3.42. The number of hydrogen-bond acceptors (Lipinski definition) is 2. The predicted molar refractivity (Wildman–Crippen MR) is 93.7 cm³/mol. The van der Waals surface area contributed by atoms with Gasteiger partial charge >= 0.3 is 6.03 Å². The van der Waals surface area contributed by atoms with Gasteiger partial charge in [-0.05, 0) is 31.7 Å². The number of urea groups is 1. The fourth-order valence-corrected chi connectivity index (χ4v) is 3.60. The second-order valence-electron chi connectivity index (χ2n) is 6.77. The van der Waals surface area contributed by atoms with Crippen molar-refractivity contribution in [3.05, 3.63) is 46.5 Å². The molecule has 1 aliphatic carbocycles. The molecule has 0 aromatic heterocycles. The molecule has 2 aliphatic rings. The molecule has 3 amide bonds. The average molecular weight is 384 g/mol. The minimum absolute atomic E-state index is 0.0589. The van der Waals surface area contributed by atoms with E-state index in [1.54, 1.807) is 6.92 Å². The summed E-state index contributed by atoms with van der Waals surface area (Å²) in [6.07, 6.45) is 1.27. The molecule has 2 atom stereocenters. The van der Waals surface area contributed by atoms with Gasteiger partial charge in [0.05, 0.1) is 6.04 Å². The van der Waals surface area contributed by atoms with Crippen molar-refractivity contribution < 1.29 is 18.4 Å². The van der Waals surface area contributed by atoms with Crippen molar-refractivity contribution in [2.45, 2.75) is 31.8 Å². The highest BCUT2D eigenvalue weighted by molar-refractivity contribution is 6.31. The van der Waals surface area contributed by atoms with Crippen molar-refractivity contribution in [1.82, 2.24) is 15.5 Å². The summed E-state index contributed by atoms with van der Waals surface area (Å²) in [5.74, 6) is -2.02. The molecule has 2 N–H and O–H groups in total. The molecular formula is C18H20ClF2N3O2. The van der Waals surface area contributed by atoms with E-state index in [0.29, 0.717) is 25.9 Å². The van der Waals surface area contributed by atoms with Gasteiger partial charge in [-0.25, -0.2) is 13.6 Å². The zero-order valence-electron chi connectivity index (χ0n) is 14.3. The van der Waals surface area contributed by atoms with Crippen LogP contribution < -0.4 is 10.6 Å². The predicted octanol–water partition coefficient (Wildman–Crippen LogP) is 3.16. The molecule has 2 fully saturated rings. The Bertz CT molecular complexity index is 763. The molecule has 1 aromatic rings. The van der Waals surface area contributed by atoms with Crippen LogP contribution in [0.3, 0.4) is 0 Å². The molecule has 5 nitrogen and oxygen atoms in total. The lowest BCUT2D eigenvalue weighted by molar-refractivity contribution is -0.126. The maximum atomic E-state index is 14.5. The van der Waals surface area contributed by atoms with E-state index in [1.807, 2.05) is 0 Å². The Kier molecular flexibility index (Phi) is 5.18. The average Bonchev–Trinajstić information content (AvgIpc) is 2.58. The molecule has 140 valence electrons. The molecule has 1 aliphatic heterocycles. The lowest BCUT2D eigenvalue weighted by Gasteiger charge is -2.39. The Morgan fingerprint density at radius 1 is 1.42 bits per heavy atom. The van der Waals surface area contributed by atoms with Crippen LogP contribution in [0.2, 0.25) is 5.02 Å². The zero-order valence-corrected chi connectivity index (χ0v) is 15.1. The first kappa shape index (κ1) is 18.6. The highest BCUT2D eigenvalue weighted by Gasteiger charge is 2.37. The number of piperazine rings is 1. The molecule has 3 rings (SSSR count). The lowest BCUT2D eigenvalue weighted by atomic mass is 9.74. The maximum Gasteiger partial charge on any atom is 0.318 e. The SMILES string of the molecule is C=C1CC([C@@H](NC(=O)N2CCNC(=O)[C@H]2C)c2ccc(F)c(Cl)c2F)C1. The van der Waals surface area contributed by atoms with Gasteiger partial charge in [-0.3, -0.25) is 4.79 Å². The third-order valence-electron chi connectivity index (χ3n) is 5.01. The van der Waals surface area contributed by atoms with Crippen molar-refractivity contribution in [1.29, 1.82) is 0 Å². The van der Waals surface area contributed by atoms with Crippen LogP contribution in [0.1, 0.15) is 31.4 Å². The van der Waals surface area contributed by atoms with Crippen LogP contribution in [-0.4, -0.2) is 36.0 Å². The Hall–Kier alpha value is -2.15. The van der Waals surface area contributed by atoms with Gasteiger partial charge in [0, 0.05) is 18.7 Å². The van der Waals surface area contributed by atoms with E-state index in [-0.39, 0.29) is 17.4 Å². The number of carbonyl (C=O) groups excluding carboxylic acids is 2. The third-order valence-corrected chi connectivity index (χ3v) is 5.36. The number of hydrogen-bond donors (Lipinski definition) is 2. The molecule has 8 heteroatoms. The summed E-state index contributed by atoms with van der Waals surface area (Å²) in [6.45, 7) is 6.22. The second kappa shape index (κ2) is 7.23. The van der Waals surface area contributed by atoms with E-state index >= 15 is 0 Å². The Morgan fingerprint density at radius 3 is 2.77 bits per heavy atom. The highest BCUT2D eigenvalue weighted by Crippen LogP contribution is 2.42. The van der Waals surface area contributed by atoms with Crippen molar-refractivity contribution in [2.24, 2.45) is 5.92 Å². The van der Waals surface area contributed by atoms with Crippen molar-refractivity contribution in [3.8, 4) is 0 Å². The largest absolute Gasteiger partial charge is 0.353 e. The van der Waals surface area contributed by atoms with Crippen LogP contribution in [0.5, 0.6) is 0 Å². The van der Waals surface area contributed by atoms with Gasteiger partial charge in [0.25, 0.3) is 0 Å². The van der Waals surface area contributed by atoms with E-state index in [4.69, 9.17) is 11.6 Å². The molecule has 0 radical (unpaired) electrons. The van der Waals surface area contributed by atoms with E-state index < -0.39 is 34.8 Å². The van der Waals surface area contributed by atoms with Crippen LogP contribution in [0.25, 0.3) is 0 Å². The third kappa shape index (κ3) is 3.40. The summed E-state index contributed by atoms with van der Waals surface area (Å²) in [6, 6.07) is 0.625. The van der Waals surface area contributed by atoms with Gasteiger partial charge in [-0.2, -0.15) is 0 Å². The first-order chi connectivity index (χ1) is 12.3. The number of rotatable bonds is 3. The number of carbonyl (C=O) groups is 2. The summed E-state index contributed by atoms with van der Waals surface area (Å²) < 4.78 is 28.0. The Balaban J connectivity index is 1.86. The standard InChI is InChI=1S/C18H20ClF2N3O2/c1-9-7-11(8-9)16(12-3-4-13(20)14(19)15(12)21)23-18(26)24-6-5-22-17(25)10(24)2/h3-4,10-11,16H,1,5-8H2,2H3,(H,22,25)(H,23,26)/t10-,16-/m1/s1. The fraction of sp³-hybridized carbons (Fsp3) is 0.444. The maximum absolute atomic E-state index is 14.5. The Morgan fingerprint density at radius 2 is 2.12 bits per heavy atom. The number of nitrogens with one attached hydrogen (secondary N) is 2. The van der Waals surface area contributed by atoms with E-state index in [1.165, 1.54) is 11.0 Å². The monoisotopic (exact) mass is 383 g/mol. The normalized spacial score (nSPS) is 21.8. The topological polar surface area (TPSA) is 61.4 Å². The van der Waals surface area contributed by atoms with Crippen LogP contribution in [-0.2, 0) is 4.79 Å². The second-order valence-corrected chi connectivity index (χ2v) is 7.15. The van der Waals surface area contributed by atoms with Crippen LogP contribution in [0.4, 0.5) is 13.6 Å². The first-order valence-corrected chi connectivity index (χ1v) is 8.82. The number of allylic oxidation sites excluding steroid dienone is 1. The van der Waals surface area contributed by atoms with Gasteiger partial charge in [0.1, 0.15) is 22.7 Å². The number of amides is 3. The van der Waals surface area contributed by atoms with Crippen molar-refractivity contribution in [3.63, 3.8) is 0 Å². The number of benzene rings is 1. The van der Waals surface area contributed by atoms with E-state index in [9.17, 15) is 18.4 Å². The van der Waals surface area contributed by atoms with Gasteiger partial charge in [-0.1, -0.05) is 29.8 Å². The van der Waals surface area contributed by atoms with Crippen LogP contribution in [0, 0.1) is 17.6 Å². The molecule has 0 spiro atoms. The molecule has 0 bridgehead atoms. The Labute approximate surface area is 155 Å². The molecule has 26 heavy (non-hydrogen) atoms. The van der Waals surface area contributed by atoms with Gasteiger partial charge in [0.2, 0.25) is 5.91 Å². The van der Waals surface area contributed by atoms with Crippen molar-refractivity contribution >= 4 is 23.5 Å². The van der Waals surface area contributed by atoms with Crippen molar-refractivity contribution in [2.75, 3.05) is 13.1 Å². The quantitative estimate of drug-likeness (QED) is 0.622. The highest BCUT2D eigenvalue weighted by atomic mass is 35.5. The van der Waals surface area contributed by atoms with Gasteiger partial charge in [0.15, 0.2) is 0 Å². The van der Waals surface area contributed by atoms with Gasteiger partial charge in [-0.15, -0.1) is 0 Å². The van der Waals surface area contributed by atoms with E-state index in [2.05, 4.69) is 17.2 Å². The van der Waals surface area contributed by atoms with E-state index in [0.717, 1.165) is 11.6 Å². The molecule has 1 saturated carbocycles. The van der Waals surface area contributed by atoms with Crippen LogP contribution in [0.15, 0.2) is 24.3 Å². The lowest BCUT2D eigenvalue weighted by Crippen LogP contribution is -2.59. The summed E-state index contributed by atoms with van der Waals surface area (Å²) in [4.78, 5) is 25.9. The summed E-state index contributed by atoms with van der Waals surface area (Å²) in [7, 11) is 0. The molecule has 1 saturated heterocycles. The summed E-state index contributed by atoms with van der Waals surface area (Å²) in [5, 5.41) is 4.90. The summed E-state index contributed by atoms with van der Waals surface area (Å²) in [5.41, 5.74) is 1.14. The minimum atomic E-state index is -0.876. The smallest absolute Gasteiger partial charge is 0.318 e.